The van der Waals surface area contributed by atoms with E-state index >= 15 is 0 Å². The molecule has 7 nitrogen and oxygen atoms in total. The maximum Gasteiger partial charge on any atom is 0.272 e. The standard InChI is InChI=1S/C20H18N4O3/c1-12-20(25)24(2)17-9-6-14(11-16(17)21-12)19-22-18(27-23-19)10-13-4-7-15(26-3)8-5-13/h4-9,11H,10H2,1-3H3. The predicted molar refractivity (Wildman–Crippen MR) is 101 cm³/mol. The molecule has 0 amide bonds. The van der Waals surface area contributed by atoms with Gasteiger partial charge in [-0.3, -0.25) is 4.79 Å². The van der Waals surface area contributed by atoms with Crippen LogP contribution in [-0.4, -0.2) is 26.8 Å². The third kappa shape index (κ3) is 3.19. The summed E-state index contributed by atoms with van der Waals surface area (Å²) < 4.78 is 12.1. The molecule has 0 N–H and O–H groups in total. The van der Waals surface area contributed by atoms with Crippen molar-refractivity contribution in [3.8, 4) is 17.1 Å². The summed E-state index contributed by atoms with van der Waals surface area (Å²) in [4.78, 5) is 20.9. The lowest BCUT2D eigenvalue weighted by atomic mass is 10.1. The number of methoxy groups -OCH3 is 1. The Bertz CT molecular complexity index is 1180. The Hall–Kier alpha value is -3.48. The molecule has 0 fully saturated rings. The van der Waals surface area contributed by atoms with Crippen LogP contribution in [0.4, 0.5) is 0 Å². The second-order valence-corrected chi connectivity index (χ2v) is 6.30. The van der Waals surface area contributed by atoms with Crippen LogP contribution in [-0.2, 0) is 13.5 Å². The molecule has 4 aromatic rings. The van der Waals surface area contributed by atoms with Gasteiger partial charge in [0.15, 0.2) is 0 Å². The minimum absolute atomic E-state index is 0.100. The fourth-order valence-corrected chi connectivity index (χ4v) is 2.98. The topological polar surface area (TPSA) is 83.0 Å². The SMILES string of the molecule is COc1ccc(Cc2nc(-c3ccc4c(c3)nc(C)c(=O)n4C)no2)cc1. The zero-order valence-corrected chi connectivity index (χ0v) is 15.3. The lowest BCUT2D eigenvalue weighted by Crippen LogP contribution is -2.21. The molecule has 0 aliphatic carbocycles. The van der Waals surface area contributed by atoms with E-state index in [1.165, 1.54) is 0 Å². The molecule has 2 heterocycles. The second kappa shape index (κ2) is 6.68. The van der Waals surface area contributed by atoms with E-state index in [-0.39, 0.29) is 5.56 Å². The van der Waals surface area contributed by atoms with Crippen LogP contribution >= 0.6 is 0 Å². The maximum atomic E-state index is 12.0. The summed E-state index contributed by atoms with van der Waals surface area (Å²) in [7, 11) is 3.37. The molecule has 2 aromatic heterocycles. The van der Waals surface area contributed by atoms with Crippen molar-refractivity contribution >= 4 is 11.0 Å². The highest BCUT2D eigenvalue weighted by Crippen LogP contribution is 2.22. The Balaban J connectivity index is 1.64. The van der Waals surface area contributed by atoms with Crippen molar-refractivity contribution < 1.29 is 9.26 Å². The van der Waals surface area contributed by atoms with E-state index < -0.39 is 0 Å². The number of ether oxygens (including phenoxy) is 1. The van der Waals surface area contributed by atoms with Crippen molar-refractivity contribution in [2.45, 2.75) is 13.3 Å². The molecule has 0 saturated carbocycles. The Kier molecular flexibility index (Phi) is 4.19. The summed E-state index contributed by atoms with van der Waals surface area (Å²) >= 11 is 0. The first-order valence-electron chi connectivity index (χ1n) is 8.48. The smallest absolute Gasteiger partial charge is 0.272 e. The van der Waals surface area contributed by atoms with E-state index in [0.29, 0.717) is 29.3 Å². The molecule has 0 aliphatic rings. The van der Waals surface area contributed by atoms with Gasteiger partial charge in [0, 0.05) is 12.6 Å². The van der Waals surface area contributed by atoms with Crippen molar-refractivity contribution in [3.05, 3.63) is 70.0 Å². The van der Waals surface area contributed by atoms with E-state index in [9.17, 15) is 4.79 Å². The molecular formula is C20H18N4O3. The van der Waals surface area contributed by atoms with Crippen molar-refractivity contribution in [3.63, 3.8) is 0 Å². The van der Waals surface area contributed by atoms with Crippen molar-refractivity contribution in [1.29, 1.82) is 0 Å². The van der Waals surface area contributed by atoms with Gasteiger partial charge in [-0.2, -0.15) is 4.98 Å². The lowest BCUT2D eigenvalue weighted by Gasteiger charge is -2.06. The molecule has 0 atom stereocenters. The number of rotatable bonds is 4. The minimum Gasteiger partial charge on any atom is -0.497 e. The molecule has 0 bridgehead atoms. The van der Waals surface area contributed by atoms with Crippen LogP contribution in [0.15, 0.2) is 51.8 Å². The Morgan fingerprint density at radius 3 is 2.63 bits per heavy atom. The van der Waals surface area contributed by atoms with E-state index in [1.807, 2.05) is 42.5 Å². The highest BCUT2D eigenvalue weighted by molar-refractivity contribution is 5.80. The summed E-state index contributed by atoms with van der Waals surface area (Å²) in [5.74, 6) is 1.83. The summed E-state index contributed by atoms with van der Waals surface area (Å²) in [6.45, 7) is 1.70. The quantitative estimate of drug-likeness (QED) is 0.555. The molecule has 0 unspecified atom stereocenters. The molecule has 136 valence electrons. The molecular weight excluding hydrogens is 344 g/mol. The fraction of sp³-hybridized carbons (Fsp3) is 0.200. The summed E-state index contributed by atoms with van der Waals surface area (Å²) in [6.07, 6.45) is 0.538. The normalized spacial score (nSPS) is 11.1. The monoisotopic (exact) mass is 362 g/mol. The molecule has 27 heavy (non-hydrogen) atoms. The van der Waals surface area contributed by atoms with Gasteiger partial charge in [0.2, 0.25) is 11.7 Å². The number of hydrogen-bond acceptors (Lipinski definition) is 6. The van der Waals surface area contributed by atoms with Crippen LogP contribution in [0.2, 0.25) is 0 Å². The van der Waals surface area contributed by atoms with Crippen LogP contribution in [0.1, 0.15) is 17.1 Å². The van der Waals surface area contributed by atoms with Crippen LogP contribution in [0.3, 0.4) is 0 Å². The number of aryl methyl sites for hydroxylation is 2. The van der Waals surface area contributed by atoms with Gasteiger partial charge in [-0.15, -0.1) is 0 Å². The molecule has 2 aromatic carbocycles. The van der Waals surface area contributed by atoms with Gasteiger partial charge in [-0.25, -0.2) is 4.98 Å². The average Bonchev–Trinajstić information content (AvgIpc) is 3.15. The first kappa shape index (κ1) is 17.0. The van der Waals surface area contributed by atoms with Crippen LogP contribution in [0.5, 0.6) is 5.75 Å². The van der Waals surface area contributed by atoms with E-state index in [0.717, 1.165) is 22.4 Å². The second-order valence-electron chi connectivity index (χ2n) is 6.30. The number of nitrogens with zero attached hydrogens (tertiary/aromatic N) is 4. The Morgan fingerprint density at radius 1 is 1.11 bits per heavy atom. The number of hydrogen-bond donors (Lipinski definition) is 0. The van der Waals surface area contributed by atoms with Crippen LogP contribution in [0.25, 0.3) is 22.4 Å². The van der Waals surface area contributed by atoms with Crippen molar-refractivity contribution in [1.82, 2.24) is 19.7 Å². The van der Waals surface area contributed by atoms with Gasteiger partial charge in [0.05, 0.1) is 24.6 Å². The minimum atomic E-state index is -0.100. The largest absolute Gasteiger partial charge is 0.497 e. The highest BCUT2D eigenvalue weighted by atomic mass is 16.5. The molecule has 4 rings (SSSR count). The fourth-order valence-electron chi connectivity index (χ4n) is 2.98. The van der Waals surface area contributed by atoms with Gasteiger partial charge in [-0.1, -0.05) is 17.3 Å². The zero-order chi connectivity index (χ0) is 19.0. The first-order chi connectivity index (χ1) is 13.0. The lowest BCUT2D eigenvalue weighted by molar-refractivity contribution is 0.385. The summed E-state index contributed by atoms with van der Waals surface area (Å²) in [5.41, 5.74) is 3.67. The number of fused-ring (bicyclic) bond motifs is 1. The van der Waals surface area contributed by atoms with Gasteiger partial charge in [-0.05, 0) is 42.8 Å². The van der Waals surface area contributed by atoms with Gasteiger partial charge < -0.3 is 13.8 Å². The van der Waals surface area contributed by atoms with Crippen molar-refractivity contribution in [2.75, 3.05) is 7.11 Å². The van der Waals surface area contributed by atoms with Gasteiger partial charge in [0.1, 0.15) is 11.4 Å². The predicted octanol–water partition coefficient (Wildman–Crippen LogP) is 2.89. The van der Waals surface area contributed by atoms with Crippen molar-refractivity contribution in [2.24, 2.45) is 7.05 Å². The maximum absolute atomic E-state index is 12.0. The zero-order valence-electron chi connectivity index (χ0n) is 15.3. The Labute approximate surface area is 155 Å². The molecule has 0 radical (unpaired) electrons. The average molecular weight is 362 g/mol. The van der Waals surface area contributed by atoms with E-state index in [1.54, 1.807) is 25.6 Å². The van der Waals surface area contributed by atoms with Crippen LogP contribution < -0.4 is 10.3 Å². The van der Waals surface area contributed by atoms with E-state index in [2.05, 4.69) is 15.1 Å². The summed E-state index contributed by atoms with van der Waals surface area (Å²) in [5, 5.41) is 4.08. The third-order valence-electron chi connectivity index (χ3n) is 4.48. The van der Waals surface area contributed by atoms with Gasteiger partial charge >= 0.3 is 0 Å². The molecule has 7 heteroatoms. The first-order valence-corrected chi connectivity index (χ1v) is 8.48. The van der Waals surface area contributed by atoms with Crippen LogP contribution in [0, 0.1) is 6.92 Å². The molecule has 0 saturated heterocycles. The number of benzene rings is 2. The third-order valence-corrected chi connectivity index (χ3v) is 4.48. The molecule has 0 aliphatic heterocycles. The number of aromatic nitrogens is 4. The Morgan fingerprint density at radius 2 is 1.89 bits per heavy atom. The van der Waals surface area contributed by atoms with Gasteiger partial charge in [0.25, 0.3) is 5.56 Å². The molecule has 0 spiro atoms. The van der Waals surface area contributed by atoms with E-state index in [4.69, 9.17) is 9.26 Å². The highest BCUT2D eigenvalue weighted by Gasteiger charge is 2.12. The summed E-state index contributed by atoms with van der Waals surface area (Å²) in [6, 6.07) is 13.3.